The van der Waals surface area contributed by atoms with E-state index >= 15 is 0 Å². The average Bonchev–Trinajstić information content (AvgIpc) is 3.51. The molecule has 0 aliphatic carbocycles. The molecule has 5 unspecified atom stereocenters. The van der Waals surface area contributed by atoms with Crippen molar-refractivity contribution in [3.8, 4) is 0 Å². The Labute approximate surface area is 228 Å². The summed E-state index contributed by atoms with van der Waals surface area (Å²) in [5.74, 6) is 1.85. The molecule has 0 amide bonds. The van der Waals surface area contributed by atoms with Gasteiger partial charge in [0.15, 0.2) is 0 Å². The van der Waals surface area contributed by atoms with E-state index in [9.17, 15) is 15.3 Å². The summed E-state index contributed by atoms with van der Waals surface area (Å²) in [7, 11) is 0. The van der Waals surface area contributed by atoms with E-state index in [4.69, 9.17) is 0 Å². The number of likely N-dealkylation sites (tertiary alicyclic amines) is 3. The largest absolute Gasteiger partial charge is 0.395 e. The first-order valence-electron chi connectivity index (χ1n) is 15.5. The Kier molecular flexibility index (Phi) is 11.3. The number of aliphatic hydroxyl groups is 3. The molecule has 3 aliphatic rings. The standard InChI is InChI=1S/C31H61N3O3/c1-8-29(23(2)12-24-13-27(19-36)33(16-24)21-30(3,4)5)34-17-25(14-28(34)20-37)15-31(6,7)22-32-11-9-10-26(32)18-35/h23-29,35-37H,8-22H2,1-7H3/t23?,24?,25?,26?,27-,28+,29?/m1/s1. The summed E-state index contributed by atoms with van der Waals surface area (Å²) in [6.45, 7) is 22.7. The van der Waals surface area contributed by atoms with Gasteiger partial charge in [-0.25, -0.2) is 0 Å². The quantitative estimate of drug-likeness (QED) is 0.338. The van der Waals surface area contributed by atoms with E-state index in [1.54, 1.807) is 0 Å². The van der Waals surface area contributed by atoms with E-state index in [-0.39, 0.29) is 36.7 Å². The molecule has 3 rings (SSSR count). The van der Waals surface area contributed by atoms with E-state index in [1.165, 1.54) is 19.3 Å². The van der Waals surface area contributed by atoms with Crippen molar-refractivity contribution in [1.29, 1.82) is 0 Å². The molecule has 218 valence electrons. The zero-order valence-corrected chi connectivity index (χ0v) is 25.3. The van der Waals surface area contributed by atoms with Crippen molar-refractivity contribution in [3.05, 3.63) is 0 Å². The van der Waals surface area contributed by atoms with Crippen LogP contribution in [-0.2, 0) is 0 Å². The Hall–Kier alpha value is -0.240. The highest BCUT2D eigenvalue weighted by molar-refractivity contribution is 4.95. The van der Waals surface area contributed by atoms with Gasteiger partial charge in [0.05, 0.1) is 19.8 Å². The molecule has 37 heavy (non-hydrogen) atoms. The minimum atomic E-state index is 0.214. The van der Waals surface area contributed by atoms with Crippen LogP contribution in [-0.4, -0.2) is 107 Å². The lowest BCUT2D eigenvalue weighted by atomic mass is 9.81. The van der Waals surface area contributed by atoms with Crippen molar-refractivity contribution in [2.75, 3.05) is 52.5 Å². The van der Waals surface area contributed by atoms with Crippen molar-refractivity contribution in [2.45, 2.75) is 118 Å². The van der Waals surface area contributed by atoms with Crippen LogP contribution in [0.4, 0.5) is 0 Å². The lowest BCUT2D eigenvalue weighted by Crippen LogP contribution is -2.45. The third kappa shape index (κ3) is 8.62. The summed E-state index contributed by atoms with van der Waals surface area (Å²) in [6, 6.07) is 1.43. The molecule has 0 bridgehead atoms. The molecule has 3 aliphatic heterocycles. The Bertz CT molecular complexity index is 681. The Morgan fingerprint density at radius 3 is 2.05 bits per heavy atom. The van der Waals surface area contributed by atoms with Gasteiger partial charge in [-0.15, -0.1) is 0 Å². The van der Waals surface area contributed by atoms with Crippen LogP contribution >= 0.6 is 0 Å². The second-order valence-corrected chi connectivity index (χ2v) is 15.1. The Balaban J connectivity index is 1.58. The predicted octanol–water partition coefficient (Wildman–Crippen LogP) is 4.08. The van der Waals surface area contributed by atoms with Crippen LogP contribution < -0.4 is 0 Å². The molecule has 3 saturated heterocycles. The molecule has 6 nitrogen and oxygen atoms in total. The number of nitrogens with zero attached hydrogens (tertiary/aromatic N) is 3. The highest BCUT2D eigenvalue weighted by Crippen LogP contribution is 2.39. The van der Waals surface area contributed by atoms with Crippen LogP contribution in [0.2, 0.25) is 0 Å². The van der Waals surface area contributed by atoms with Crippen molar-refractivity contribution in [2.24, 2.45) is 28.6 Å². The molecular weight excluding hydrogens is 462 g/mol. The van der Waals surface area contributed by atoms with Gasteiger partial charge < -0.3 is 15.3 Å². The topological polar surface area (TPSA) is 70.4 Å². The minimum absolute atomic E-state index is 0.214. The molecule has 6 heteroatoms. The van der Waals surface area contributed by atoms with Crippen molar-refractivity contribution >= 4 is 0 Å². The summed E-state index contributed by atoms with van der Waals surface area (Å²) < 4.78 is 0. The van der Waals surface area contributed by atoms with E-state index in [0.29, 0.717) is 35.9 Å². The maximum Gasteiger partial charge on any atom is 0.0587 e. The van der Waals surface area contributed by atoms with Crippen LogP contribution in [0.1, 0.15) is 93.4 Å². The number of hydrogen-bond donors (Lipinski definition) is 3. The fourth-order valence-corrected chi connectivity index (χ4v) is 8.38. The smallest absolute Gasteiger partial charge is 0.0587 e. The van der Waals surface area contributed by atoms with Gasteiger partial charge in [0.1, 0.15) is 0 Å². The van der Waals surface area contributed by atoms with Gasteiger partial charge in [-0.1, -0.05) is 48.5 Å². The van der Waals surface area contributed by atoms with Crippen molar-refractivity contribution in [1.82, 2.24) is 14.7 Å². The third-order valence-corrected chi connectivity index (χ3v) is 9.65. The molecule has 3 fully saturated rings. The zero-order chi connectivity index (χ0) is 27.4. The van der Waals surface area contributed by atoms with Gasteiger partial charge in [-0.3, -0.25) is 14.7 Å². The summed E-state index contributed by atoms with van der Waals surface area (Å²) in [6.07, 6.45) is 8.05. The van der Waals surface area contributed by atoms with Gasteiger partial charge in [-0.05, 0) is 80.1 Å². The number of aliphatic hydroxyl groups excluding tert-OH is 3. The SMILES string of the molecule is CCC(C(C)CC1C[C@H](CO)N(CC(C)(C)C)C1)N1CC(CC(C)(C)CN2CCCC2CO)C[C@H]1CO. The van der Waals surface area contributed by atoms with Gasteiger partial charge in [0.2, 0.25) is 0 Å². The van der Waals surface area contributed by atoms with Crippen molar-refractivity contribution < 1.29 is 15.3 Å². The molecule has 0 aromatic heterocycles. The first-order valence-corrected chi connectivity index (χ1v) is 15.5. The van der Waals surface area contributed by atoms with Crippen LogP contribution in [0, 0.1) is 28.6 Å². The van der Waals surface area contributed by atoms with E-state index in [0.717, 1.165) is 58.4 Å². The Morgan fingerprint density at radius 2 is 1.46 bits per heavy atom. The Morgan fingerprint density at radius 1 is 0.811 bits per heavy atom. The second kappa shape index (κ2) is 13.4. The molecule has 0 aromatic carbocycles. The van der Waals surface area contributed by atoms with Crippen LogP contribution in [0.25, 0.3) is 0 Å². The fourth-order valence-electron chi connectivity index (χ4n) is 8.38. The normalized spacial score (nSPS) is 32.4. The highest BCUT2D eigenvalue weighted by atomic mass is 16.3. The van der Waals surface area contributed by atoms with E-state index in [1.807, 2.05) is 0 Å². The lowest BCUT2D eigenvalue weighted by molar-refractivity contribution is 0.0776. The summed E-state index contributed by atoms with van der Waals surface area (Å²) in [4.78, 5) is 7.71. The van der Waals surface area contributed by atoms with Gasteiger partial charge in [0.25, 0.3) is 0 Å². The average molecular weight is 524 g/mol. The van der Waals surface area contributed by atoms with E-state index < -0.39 is 0 Å². The second-order valence-electron chi connectivity index (χ2n) is 15.1. The first-order chi connectivity index (χ1) is 17.4. The summed E-state index contributed by atoms with van der Waals surface area (Å²) in [5.41, 5.74) is 0.464. The number of rotatable bonds is 13. The van der Waals surface area contributed by atoms with E-state index in [2.05, 4.69) is 63.2 Å². The number of hydrogen-bond acceptors (Lipinski definition) is 6. The highest BCUT2D eigenvalue weighted by Gasteiger charge is 2.41. The van der Waals surface area contributed by atoms with Crippen molar-refractivity contribution in [3.63, 3.8) is 0 Å². The molecule has 0 aromatic rings. The minimum Gasteiger partial charge on any atom is -0.395 e. The summed E-state index contributed by atoms with van der Waals surface area (Å²) >= 11 is 0. The predicted molar refractivity (Wildman–Crippen MR) is 154 cm³/mol. The zero-order valence-electron chi connectivity index (χ0n) is 25.3. The maximum atomic E-state index is 10.4. The van der Waals surface area contributed by atoms with Gasteiger partial charge in [0, 0.05) is 50.3 Å². The first kappa shape index (κ1) is 31.3. The molecular formula is C31H61N3O3. The van der Waals surface area contributed by atoms with Crippen LogP contribution in [0.3, 0.4) is 0 Å². The van der Waals surface area contributed by atoms with Gasteiger partial charge >= 0.3 is 0 Å². The lowest BCUT2D eigenvalue weighted by Gasteiger charge is -2.37. The third-order valence-electron chi connectivity index (χ3n) is 9.65. The molecule has 3 heterocycles. The van der Waals surface area contributed by atoms with Gasteiger partial charge in [-0.2, -0.15) is 0 Å². The molecule has 0 spiro atoms. The van der Waals surface area contributed by atoms with Crippen LogP contribution in [0.5, 0.6) is 0 Å². The molecule has 0 saturated carbocycles. The summed E-state index contributed by atoms with van der Waals surface area (Å²) in [5, 5.41) is 30.1. The molecule has 0 radical (unpaired) electrons. The monoisotopic (exact) mass is 523 g/mol. The molecule has 3 N–H and O–H groups in total. The van der Waals surface area contributed by atoms with Crippen LogP contribution in [0.15, 0.2) is 0 Å². The maximum absolute atomic E-state index is 10.4. The molecule has 7 atom stereocenters. The fraction of sp³-hybridized carbons (Fsp3) is 1.00.